The van der Waals surface area contributed by atoms with Crippen molar-refractivity contribution in [3.8, 4) is 5.69 Å². The highest BCUT2D eigenvalue weighted by Crippen LogP contribution is 2.42. The number of benzene rings is 1. The molecule has 0 saturated carbocycles. The largest absolute Gasteiger partial charge is 0.378 e. The van der Waals surface area contributed by atoms with Crippen LogP contribution in [0.3, 0.4) is 0 Å². The van der Waals surface area contributed by atoms with Crippen molar-refractivity contribution in [1.29, 1.82) is 0 Å². The summed E-state index contributed by atoms with van der Waals surface area (Å²) in [4.78, 5) is 9.08. The van der Waals surface area contributed by atoms with Crippen molar-refractivity contribution in [2.24, 2.45) is 0 Å². The highest BCUT2D eigenvalue weighted by molar-refractivity contribution is 7.80. The maximum atomic E-state index is 5.76. The molecule has 1 saturated heterocycles. The highest BCUT2D eigenvalue weighted by Gasteiger charge is 2.42. The Morgan fingerprint density at radius 2 is 1.77 bits per heavy atom. The monoisotopic (exact) mass is 433 g/mol. The average molecular weight is 434 g/mol. The van der Waals surface area contributed by atoms with Crippen LogP contribution >= 0.6 is 12.2 Å². The first kappa shape index (κ1) is 21.4. The van der Waals surface area contributed by atoms with Gasteiger partial charge in [-0.05, 0) is 87.9 Å². The van der Waals surface area contributed by atoms with Gasteiger partial charge >= 0.3 is 0 Å². The van der Waals surface area contributed by atoms with Gasteiger partial charge in [-0.3, -0.25) is 4.98 Å². The summed E-state index contributed by atoms with van der Waals surface area (Å²) in [5.74, 6) is 0. The van der Waals surface area contributed by atoms with Crippen molar-refractivity contribution in [3.63, 3.8) is 0 Å². The summed E-state index contributed by atoms with van der Waals surface area (Å²) in [6.45, 7) is 8.77. The van der Waals surface area contributed by atoms with E-state index in [9.17, 15) is 0 Å². The number of aryl methyl sites for hydroxylation is 1. The molecule has 1 aromatic carbocycles. The van der Waals surface area contributed by atoms with Crippen LogP contribution in [-0.2, 0) is 0 Å². The zero-order chi connectivity index (χ0) is 22.3. The van der Waals surface area contributed by atoms with Crippen molar-refractivity contribution in [2.45, 2.75) is 45.8 Å². The van der Waals surface area contributed by atoms with Crippen molar-refractivity contribution in [3.05, 3.63) is 77.4 Å². The number of nitrogens with zero attached hydrogens (tertiary/aromatic N) is 4. The van der Waals surface area contributed by atoms with Crippen LogP contribution in [0.1, 0.15) is 48.6 Å². The van der Waals surface area contributed by atoms with Crippen LogP contribution in [0, 0.1) is 13.8 Å². The molecule has 4 rings (SSSR count). The van der Waals surface area contributed by atoms with Crippen LogP contribution in [0.2, 0.25) is 0 Å². The smallest absolute Gasteiger partial charge is 0.170 e. The average Bonchev–Trinajstić information content (AvgIpc) is 3.24. The molecule has 162 valence electrons. The second-order valence-corrected chi connectivity index (χ2v) is 9.09. The molecule has 6 heteroatoms. The third-order valence-corrected chi connectivity index (χ3v) is 6.43. The Balaban J connectivity index is 1.81. The fraction of sp³-hybridized carbons (Fsp3) is 0.360. The van der Waals surface area contributed by atoms with Crippen LogP contribution in [0.25, 0.3) is 5.69 Å². The van der Waals surface area contributed by atoms with E-state index in [-0.39, 0.29) is 18.1 Å². The quantitative estimate of drug-likeness (QED) is 0.577. The molecule has 3 heterocycles. The lowest BCUT2D eigenvalue weighted by Crippen LogP contribution is -2.35. The van der Waals surface area contributed by atoms with E-state index in [1.54, 1.807) is 0 Å². The van der Waals surface area contributed by atoms with Gasteiger partial charge in [0.2, 0.25) is 0 Å². The Kier molecular flexibility index (Phi) is 5.75. The predicted molar refractivity (Wildman–Crippen MR) is 132 cm³/mol. The van der Waals surface area contributed by atoms with E-state index in [1.165, 1.54) is 28.3 Å². The number of nitrogens with one attached hydrogen (secondary N) is 1. The number of pyridine rings is 1. The molecule has 0 amide bonds. The van der Waals surface area contributed by atoms with Gasteiger partial charge in [0.15, 0.2) is 5.11 Å². The van der Waals surface area contributed by atoms with Crippen LogP contribution < -0.4 is 10.2 Å². The minimum absolute atomic E-state index is 0.0150. The first-order chi connectivity index (χ1) is 14.8. The van der Waals surface area contributed by atoms with Crippen molar-refractivity contribution in [1.82, 2.24) is 19.8 Å². The number of rotatable bonds is 5. The van der Waals surface area contributed by atoms with Crippen molar-refractivity contribution < 1.29 is 0 Å². The Morgan fingerprint density at radius 1 is 1.06 bits per heavy atom. The first-order valence-corrected chi connectivity index (χ1v) is 11.2. The lowest BCUT2D eigenvalue weighted by molar-refractivity contribution is 0.269. The summed E-state index contributed by atoms with van der Waals surface area (Å²) in [6, 6.07) is 17.5. The van der Waals surface area contributed by atoms with E-state index in [2.05, 4.69) is 103 Å². The zero-order valence-corrected chi connectivity index (χ0v) is 19.9. The Bertz CT molecular complexity index is 1070. The van der Waals surface area contributed by atoms with Crippen molar-refractivity contribution >= 4 is 23.0 Å². The van der Waals surface area contributed by atoms with E-state index < -0.39 is 0 Å². The number of anilines is 1. The molecule has 0 radical (unpaired) electrons. The molecule has 0 unspecified atom stereocenters. The minimum Gasteiger partial charge on any atom is -0.378 e. The van der Waals surface area contributed by atoms with Gasteiger partial charge in [0.25, 0.3) is 0 Å². The number of hydrogen-bond donors (Lipinski definition) is 1. The summed E-state index contributed by atoms with van der Waals surface area (Å²) >= 11 is 5.76. The van der Waals surface area contributed by atoms with Gasteiger partial charge in [-0.1, -0.05) is 6.07 Å². The van der Waals surface area contributed by atoms with Crippen LogP contribution in [-0.4, -0.2) is 39.7 Å². The van der Waals surface area contributed by atoms with Crippen LogP contribution in [0.4, 0.5) is 5.69 Å². The van der Waals surface area contributed by atoms with E-state index >= 15 is 0 Å². The molecule has 1 fully saturated rings. The molecule has 31 heavy (non-hydrogen) atoms. The van der Waals surface area contributed by atoms with Gasteiger partial charge in [-0.2, -0.15) is 0 Å². The lowest BCUT2D eigenvalue weighted by atomic mass is 9.96. The standard InChI is InChI=1S/C25H31N5S/c1-16(2)29-24(23(27-25(29)31)22-9-7-8-14-26-22)21-15-17(3)30(18(21)4)20-12-10-19(11-13-20)28(5)6/h7-16,23-24H,1-6H3,(H,27,31)/t23-,24+/m0/s1. The first-order valence-electron chi connectivity index (χ1n) is 10.8. The molecular weight excluding hydrogens is 402 g/mol. The van der Waals surface area contributed by atoms with Gasteiger partial charge < -0.3 is 19.7 Å². The normalized spacial score (nSPS) is 18.5. The third kappa shape index (κ3) is 3.81. The Hall–Kier alpha value is -2.86. The third-order valence-electron chi connectivity index (χ3n) is 6.10. The summed E-state index contributed by atoms with van der Waals surface area (Å²) < 4.78 is 2.34. The molecule has 2 aromatic heterocycles. The maximum absolute atomic E-state index is 5.76. The molecule has 0 aliphatic carbocycles. The predicted octanol–water partition coefficient (Wildman–Crippen LogP) is 4.94. The number of aromatic nitrogens is 2. The Labute approximate surface area is 190 Å². The molecular formula is C25H31N5S. The fourth-order valence-electron chi connectivity index (χ4n) is 4.64. The topological polar surface area (TPSA) is 36.3 Å². The molecule has 1 aliphatic rings. The minimum atomic E-state index is 0.0150. The van der Waals surface area contributed by atoms with Gasteiger partial charge in [0.1, 0.15) is 0 Å². The summed E-state index contributed by atoms with van der Waals surface area (Å²) in [6.07, 6.45) is 1.85. The SMILES string of the molecule is Cc1cc([C@@H]2[C@H](c3ccccn3)NC(=S)N2C(C)C)c(C)n1-c1ccc(N(C)C)cc1. The van der Waals surface area contributed by atoms with Gasteiger partial charge in [0, 0.05) is 49.1 Å². The second kappa shape index (κ2) is 8.35. The molecule has 0 bridgehead atoms. The van der Waals surface area contributed by atoms with E-state index in [0.29, 0.717) is 0 Å². The molecule has 0 spiro atoms. The summed E-state index contributed by atoms with van der Waals surface area (Å²) in [7, 11) is 4.13. The Morgan fingerprint density at radius 3 is 2.35 bits per heavy atom. The zero-order valence-electron chi connectivity index (χ0n) is 19.1. The van der Waals surface area contributed by atoms with E-state index in [4.69, 9.17) is 12.2 Å². The van der Waals surface area contributed by atoms with Gasteiger partial charge in [0.05, 0.1) is 17.8 Å². The van der Waals surface area contributed by atoms with Crippen LogP contribution in [0.5, 0.6) is 0 Å². The molecule has 5 nitrogen and oxygen atoms in total. The highest BCUT2D eigenvalue weighted by atomic mass is 32.1. The van der Waals surface area contributed by atoms with Crippen molar-refractivity contribution in [2.75, 3.05) is 19.0 Å². The summed E-state index contributed by atoms with van der Waals surface area (Å²) in [5.41, 5.74) is 7.11. The molecule has 1 aliphatic heterocycles. The molecule has 1 N–H and O–H groups in total. The van der Waals surface area contributed by atoms with E-state index in [0.717, 1.165) is 10.8 Å². The van der Waals surface area contributed by atoms with E-state index in [1.807, 2.05) is 18.3 Å². The maximum Gasteiger partial charge on any atom is 0.170 e. The lowest BCUT2D eigenvalue weighted by Gasteiger charge is -2.31. The number of thiocarbonyl (C=S) groups is 1. The van der Waals surface area contributed by atoms with Gasteiger partial charge in [-0.15, -0.1) is 0 Å². The molecule has 2 atom stereocenters. The van der Waals surface area contributed by atoms with Crippen LogP contribution in [0.15, 0.2) is 54.7 Å². The summed E-state index contributed by atoms with van der Waals surface area (Å²) in [5, 5.41) is 4.33. The fourth-order valence-corrected chi connectivity index (χ4v) is 5.09. The molecule has 3 aromatic rings. The second-order valence-electron chi connectivity index (χ2n) is 8.70. The van der Waals surface area contributed by atoms with Gasteiger partial charge in [-0.25, -0.2) is 0 Å². The number of hydrogen-bond acceptors (Lipinski definition) is 3.